The fourth-order valence-corrected chi connectivity index (χ4v) is 1.95. The molecule has 3 nitrogen and oxygen atoms in total. The van der Waals surface area contributed by atoms with E-state index in [-0.39, 0.29) is 17.2 Å². The van der Waals surface area contributed by atoms with Gasteiger partial charge in [-0.3, -0.25) is 11.3 Å². The molecule has 0 radical (unpaired) electrons. The fraction of sp³-hybridized carbons (Fsp3) is 0.500. The maximum atomic E-state index is 13.3. The van der Waals surface area contributed by atoms with Crippen molar-refractivity contribution in [3.63, 3.8) is 0 Å². The highest BCUT2D eigenvalue weighted by molar-refractivity contribution is 6.30. The van der Waals surface area contributed by atoms with Gasteiger partial charge in [0.15, 0.2) is 0 Å². The summed E-state index contributed by atoms with van der Waals surface area (Å²) in [7, 11) is 1.64. The van der Waals surface area contributed by atoms with Gasteiger partial charge < -0.3 is 4.74 Å². The zero-order valence-corrected chi connectivity index (χ0v) is 10.8. The van der Waals surface area contributed by atoms with Gasteiger partial charge in [-0.15, -0.1) is 0 Å². The molecule has 0 heterocycles. The number of hydrogen-bond acceptors (Lipinski definition) is 3. The summed E-state index contributed by atoms with van der Waals surface area (Å²) in [6.07, 6.45) is 1.43. The van der Waals surface area contributed by atoms with Crippen LogP contribution in [0.15, 0.2) is 18.2 Å². The molecule has 0 aliphatic carbocycles. The van der Waals surface area contributed by atoms with Gasteiger partial charge in [0, 0.05) is 7.11 Å². The molecule has 0 aromatic heterocycles. The molecule has 17 heavy (non-hydrogen) atoms. The summed E-state index contributed by atoms with van der Waals surface area (Å²) in [4.78, 5) is 0. The molecule has 0 saturated carbocycles. The van der Waals surface area contributed by atoms with Gasteiger partial charge >= 0.3 is 0 Å². The first-order valence-electron chi connectivity index (χ1n) is 5.55. The van der Waals surface area contributed by atoms with Crippen molar-refractivity contribution in [3.05, 3.63) is 34.6 Å². The molecule has 1 rings (SSSR count). The molecule has 1 aromatic carbocycles. The van der Waals surface area contributed by atoms with E-state index < -0.39 is 5.82 Å². The molecule has 0 spiro atoms. The summed E-state index contributed by atoms with van der Waals surface area (Å²) < 4.78 is 18.6. The normalized spacial score (nSPS) is 14.6. The van der Waals surface area contributed by atoms with E-state index in [1.807, 2.05) is 6.92 Å². The van der Waals surface area contributed by atoms with E-state index in [9.17, 15) is 4.39 Å². The van der Waals surface area contributed by atoms with Crippen LogP contribution in [0.3, 0.4) is 0 Å². The summed E-state index contributed by atoms with van der Waals surface area (Å²) >= 11 is 5.63. The number of ether oxygens (including phenoxy) is 1. The van der Waals surface area contributed by atoms with E-state index in [2.05, 4.69) is 5.43 Å². The molecule has 0 aliphatic heterocycles. The lowest BCUT2D eigenvalue weighted by Gasteiger charge is -2.24. The summed E-state index contributed by atoms with van der Waals surface area (Å²) in [6.45, 7) is 2.01. The van der Waals surface area contributed by atoms with Gasteiger partial charge in [-0.05, 0) is 30.5 Å². The van der Waals surface area contributed by atoms with E-state index in [0.29, 0.717) is 6.42 Å². The van der Waals surface area contributed by atoms with Crippen molar-refractivity contribution in [1.82, 2.24) is 5.43 Å². The van der Waals surface area contributed by atoms with Crippen molar-refractivity contribution in [2.24, 2.45) is 5.84 Å². The topological polar surface area (TPSA) is 47.3 Å². The molecule has 0 saturated heterocycles. The third-order valence-electron chi connectivity index (χ3n) is 2.81. The largest absolute Gasteiger partial charge is 0.380 e. The van der Waals surface area contributed by atoms with Crippen LogP contribution >= 0.6 is 11.6 Å². The fourth-order valence-electron chi connectivity index (χ4n) is 1.83. The van der Waals surface area contributed by atoms with Crippen LogP contribution < -0.4 is 11.3 Å². The molecule has 5 heteroatoms. The Morgan fingerprint density at radius 2 is 2.24 bits per heavy atom. The maximum absolute atomic E-state index is 13.3. The lowest BCUT2D eigenvalue weighted by atomic mass is 10.00. The van der Waals surface area contributed by atoms with Crippen LogP contribution in [0.2, 0.25) is 5.02 Å². The Labute approximate surface area is 106 Å². The molecule has 0 aliphatic rings. The number of methoxy groups -OCH3 is 1. The number of hydrazine groups is 1. The van der Waals surface area contributed by atoms with Crippen molar-refractivity contribution >= 4 is 11.6 Å². The van der Waals surface area contributed by atoms with Crippen LogP contribution in [0.5, 0.6) is 0 Å². The summed E-state index contributed by atoms with van der Waals surface area (Å²) in [5.74, 6) is 5.08. The molecule has 0 amide bonds. The van der Waals surface area contributed by atoms with Crippen molar-refractivity contribution < 1.29 is 9.13 Å². The molecule has 96 valence electrons. The number of halogens is 2. The standard InChI is InChI=1S/C12H18ClFN2O/c1-3-12(17-2)11(16-15)7-8-4-5-9(13)10(14)6-8/h4-6,11-12,16H,3,7,15H2,1-2H3. The average Bonchev–Trinajstić information content (AvgIpc) is 2.33. The number of nitrogens with one attached hydrogen (secondary N) is 1. The molecule has 2 unspecified atom stereocenters. The highest BCUT2D eigenvalue weighted by Gasteiger charge is 2.19. The Bertz CT molecular complexity index is 358. The van der Waals surface area contributed by atoms with Crippen LogP contribution in [0.4, 0.5) is 4.39 Å². The van der Waals surface area contributed by atoms with Crippen LogP contribution in [0.1, 0.15) is 18.9 Å². The average molecular weight is 261 g/mol. The minimum absolute atomic E-state index is 0.00117. The minimum Gasteiger partial charge on any atom is -0.380 e. The molecule has 3 N–H and O–H groups in total. The number of benzene rings is 1. The first-order chi connectivity index (χ1) is 8.12. The van der Waals surface area contributed by atoms with Gasteiger partial charge in [0.1, 0.15) is 5.82 Å². The Hall–Kier alpha value is -0.680. The first-order valence-corrected chi connectivity index (χ1v) is 5.93. The Balaban J connectivity index is 2.76. The van der Waals surface area contributed by atoms with E-state index in [0.717, 1.165) is 12.0 Å². The zero-order valence-electron chi connectivity index (χ0n) is 10.0. The van der Waals surface area contributed by atoms with E-state index in [4.69, 9.17) is 22.2 Å². The second-order valence-corrected chi connectivity index (χ2v) is 4.32. The van der Waals surface area contributed by atoms with E-state index >= 15 is 0 Å². The molecule has 0 fully saturated rings. The summed E-state index contributed by atoms with van der Waals surface area (Å²) in [6, 6.07) is 4.71. The number of nitrogens with two attached hydrogens (primary N) is 1. The predicted molar refractivity (Wildman–Crippen MR) is 67.3 cm³/mol. The molecule has 1 aromatic rings. The summed E-state index contributed by atoms with van der Waals surface area (Å²) in [5, 5.41) is 0.129. The molecule has 0 bridgehead atoms. The van der Waals surface area contributed by atoms with Gasteiger partial charge in [0.25, 0.3) is 0 Å². The minimum atomic E-state index is -0.412. The van der Waals surface area contributed by atoms with Crippen LogP contribution in [0, 0.1) is 5.82 Å². The van der Waals surface area contributed by atoms with Crippen LogP contribution in [0.25, 0.3) is 0 Å². The Morgan fingerprint density at radius 1 is 1.53 bits per heavy atom. The van der Waals surface area contributed by atoms with Crippen LogP contribution in [-0.2, 0) is 11.2 Å². The lowest BCUT2D eigenvalue weighted by molar-refractivity contribution is 0.0653. The smallest absolute Gasteiger partial charge is 0.142 e. The third-order valence-corrected chi connectivity index (χ3v) is 3.11. The Morgan fingerprint density at radius 3 is 2.71 bits per heavy atom. The second kappa shape index (κ2) is 6.91. The van der Waals surface area contributed by atoms with Crippen molar-refractivity contribution in [3.8, 4) is 0 Å². The van der Waals surface area contributed by atoms with Crippen molar-refractivity contribution in [2.45, 2.75) is 31.9 Å². The third kappa shape index (κ3) is 3.92. The number of rotatable bonds is 6. The monoisotopic (exact) mass is 260 g/mol. The SMILES string of the molecule is CCC(OC)C(Cc1ccc(Cl)c(F)c1)NN. The van der Waals surface area contributed by atoms with Crippen molar-refractivity contribution in [2.75, 3.05) is 7.11 Å². The van der Waals surface area contributed by atoms with Gasteiger partial charge in [0.05, 0.1) is 17.2 Å². The quantitative estimate of drug-likeness (QED) is 0.609. The van der Waals surface area contributed by atoms with Crippen LogP contribution in [-0.4, -0.2) is 19.3 Å². The lowest BCUT2D eigenvalue weighted by Crippen LogP contribution is -2.46. The number of hydrogen-bond donors (Lipinski definition) is 2. The Kier molecular flexibility index (Phi) is 5.85. The summed E-state index contributed by atoms with van der Waals surface area (Å²) in [5.41, 5.74) is 3.54. The second-order valence-electron chi connectivity index (χ2n) is 3.91. The van der Waals surface area contributed by atoms with Gasteiger partial charge in [0.2, 0.25) is 0 Å². The van der Waals surface area contributed by atoms with Gasteiger partial charge in [-0.25, -0.2) is 4.39 Å². The van der Waals surface area contributed by atoms with Crippen molar-refractivity contribution in [1.29, 1.82) is 0 Å². The van der Waals surface area contributed by atoms with Gasteiger partial charge in [-0.2, -0.15) is 0 Å². The highest BCUT2D eigenvalue weighted by Crippen LogP contribution is 2.17. The van der Waals surface area contributed by atoms with Gasteiger partial charge in [-0.1, -0.05) is 24.6 Å². The van der Waals surface area contributed by atoms with E-state index in [1.165, 1.54) is 6.07 Å². The molecular weight excluding hydrogens is 243 g/mol. The first kappa shape index (κ1) is 14.4. The zero-order chi connectivity index (χ0) is 12.8. The predicted octanol–water partition coefficient (Wildman–Crippen LogP) is 2.28. The molecular formula is C12H18ClFN2O. The highest BCUT2D eigenvalue weighted by atomic mass is 35.5. The maximum Gasteiger partial charge on any atom is 0.142 e. The molecule has 2 atom stereocenters. The van der Waals surface area contributed by atoms with E-state index in [1.54, 1.807) is 19.2 Å².